The van der Waals surface area contributed by atoms with Crippen LogP contribution in [0.3, 0.4) is 0 Å². The van der Waals surface area contributed by atoms with Gasteiger partial charge in [-0.1, -0.05) is 150 Å². The second-order valence-electron chi connectivity index (χ2n) is 13.8. The van der Waals surface area contributed by atoms with Crippen LogP contribution in [0, 0.1) is 0 Å². The predicted molar refractivity (Wildman–Crippen MR) is 180 cm³/mol. The summed E-state index contributed by atoms with van der Waals surface area (Å²) in [5.74, 6) is -0.957. The molecule has 2 aromatic carbocycles. The monoisotopic (exact) mass is 596 g/mol. The summed E-state index contributed by atoms with van der Waals surface area (Å²) >= 11 is 0. The Labute approximate surface area is 262 Å². The fourth-order valence-corrected chi connectivity index (χ4v) is 5.02. The summed E-state index contributed by atoms with van der Waals surface area (Å²) in [4.78, 5) is 22.9. The van der Waals surface area contributed by atoms with E-state index in [-0.39, 0.29) is 28.1 Å². The van der Waals surface area contributed by atoms with Crippen LogP contribution in [-0.4, -0.2) is 28.8 Å². The van der Waals surface area contributed by atoms with Crippen molar-refractivity contribution in [2.24, 2.45) is 0 Å². The zero-order valence-electron chi connectivity index (χ0n) is 28.3. The number of carboxylic acids is 1. The Hall–Kier alpha value is -2.82. The van der Waals surface area contributed by atoms with Crippen LogP contribution in [0.25, 0.3) is 0 Å². The highest BCUT2D eigenvalue weighted by molar-refractivity contribution is 5.89. The van der Waals surface area contributed by atoms with E-state index in [0.29, 0.717) is 23.3 Å². The molecule has 2 N–H and O–H groups in total. The highest BCUT2D eigenvalue weighted by atomic mass is 16.5. The number of unbranched alkanes of at least 4 members (excludes halogenated alkanes) is 13. The van der Waals surface area contributed by atoms with Gasteiger partial charge in [0, 0.05) is 11.1 Å². The molecule has 0 aliphatic heterocycles. The molecule has 0 aliphatic carbocycles. The molecule has 0 unspecified atom stereocenters. The Morgan fingerprint density at radius 1 is 0.628 bits per heavy atom. The maximum Gasteiger partial charge on any atom is 0.338 e. The molecular formula is C38H60O5. The Bertz CT molecular complexity index is 1020. The third kappa shape index (κ3) is 16.0. The van der Waals surface area contributed by atoms with E-state index in [4.69, 9.17) is 4.74 Å². The van der Waals surface area contributed by atoms with E-state index in [1.807, 2.05) is 59.7 Å². The summed E-state index contributed by atoms with van der Waals surface area (Å²) < 4.78 is 5.30. The van der Waals surface area contributed by atoms with Crippen LogP contribution in [0.1, 0.15) is 170 Å². The number of carboxylic acid groups (broad SMARTS) is 1. The van der Waals surface area contributed by atoms with Crippen LogP contribution < -0.4 is 0 Å². The number of hydrogen-bond donors (Lipinski definition) is 2. The van der Waals surface area contributed by atoms with Crippen molar-refractivity contribution in [2.45, 2.75) is 149 Å². The average molecular weight is 597 g/mol. The van der Waals surface area contributed by atoms with E-state index < -0.39 is 5.97 Å². The number of benzene rings is 2. The number of ether oxygens (including phenoxy) is 1. The fraction of sp³-hybridized carbons (Fsp3) is 0.632. The van der Waals surface area contributed by atoms with Gasteiger partial charge in [-0.2, -0.15) is 0 Å². The maximum atomic E-state index is 11.8. The number of carbonyl (C=O) groups excluding carboxylic acids is 1. The van der Waals surface area contributed by atoms with Crippen LogP contribution in [0.5, 0.6) is 5.75 Å². The first-order valence-corrected chi connectivity index (χ1v) is 16.6. The Kier molecular flexibility index (Phi) is 17.9. The van der Waals surface area contributed by atoms with Crippen molar-refractivity contribution in [1.29, 1.82) is 0 Å². The van der Waals surface area contributed by atoms with Crippen molar-refractivity contribution in [3.05, 3.63) is 64.7 Å². The molecule has 0 aliphatic rings. The Morgan fingerprint density at radius 3 is 1.40 bits per heavy atom. The van der Waals surface area contributed by atoms with Crippen LogP contribution in [0.4, 0.5) is 0 Å². The van der Waals surface area contributed by atoms with Gasteiger partial charge in [0.2, 0.25) is 0 Å². The molecule has 0 saturated carbocycles. The molecule has 5 nitrogen and oxygen atoms in total. The number of esters is 1. The van der Waals surface area contributed by atoms with Crippen molar-refractivity contribution in [3.8, 4) is 5.75 Å². The molecule has 0 amide bonds. The van der Waals surface area contributed by atoms with E-state index in [1.54, 1.807) is 24.3 Å². The SMILES string of the molecule is CC(C)(C)c1cc(C(=O)O)cc(C(C)(C)C)c1O.CCCCCCCCCCCCCCCCOC(=O)c1ccccc1. The second-order valence-corrected chi connectivity index (χ2v) is 13.8. The quantitative estimate of drug-likeness (QED) is 0.140. The second kappa shape index (κ2) is 20.2. The summed E-state index contributed by atoms with van der Waals surface area (Å²) in [6.07, 6.45) is 18.8. The van der Waals surface area contributed by atoms with Crippen molar-refractivity contribution in [1.82, 2.24) is 0 Å². The summed E-state index contributed by atoms with van der Waals surface area (Å²) in [7, 11) is 0. The topological polar surface area (TPSA) is 83.8 Å². The minimum Gasteiger partial charge on any atom is -0.507 e. The smallest absolute Gasteiger partial charge is 0.338 e. The standard InChI is InChI=1S/C23H38O2.C15H22O3/c1-2-3-4-5-6-7-8-9-10-11-12-13-14-18-21-25-23(24)22-19-16-15-17-20-22;1-14(2,3)10-7-9(13(17)18)8-11(12(10)16)15(4,5)6/h15-17,19-20H,2-14,18,21H2,1H3;7-8,16H,1-6H3,(H,17,18). The average Bonchev–Trinajstić information content (AvgIpc) is 2.94. The van der Waals surface area contributed by atoms with Crippen LogP contribution in [-0.2, 0) is 15.6 Å². The molecule has 2 aromatic rings. The van der Waals surface area contributed by atoms with E-state index in [0.717, 1.165) is 6.42 Å². The third-order valence-electron chi connectivity index (χ3n) is 7.71. The highest BCUT2D eigenvalue weighted by Crippen LogP contribution is 2.39. The molecule has 0 aromatic heterocycles. The molecule has 0 fully saturated rings. The first kappa shape index (κ1) is 38.2. The van der Waals surface area contributed by atoms with Crippen molar-refractivity contribution in [3.63, 3.8) is 0 Å². The maximum absolute atomic E-state index is 11.8. The van der Waals surface area contributed by atoms with Gasteiger partial charge < -0.3 is 14.9 Å². The van der Waals surface area contributed by atoms with Gasteiger partial charge in [-0.15, -0.1) is 0 Å². The van der Waals surface area contributed by atoms with Gasteiger partial charge in [0.05, 0.1) is 17.7 Å². The van der Waals surface area contributed by atoms with E-state index in [9.17, 15) is 19.8 Å². The van der Waals surface area contributed by atoms with E-state index >= 15 is 0 Å². The summed E-state index contributed by atoms with van der Waals surface area (Å²) in [6, 6.07) is 12.4. The van der Waals surface area contributed by atoms with E-state index in [2.05, 4.69) is 6.92 Å². The molecule has 2 rings (SSSR count). The van der Waals surface area contributed by atoms with Gasteiger partial charge in [-0.25, -0.2) is 9.59 Å². The molecule has 5 heteroatoms. The first-order valence-electron chi connectivity index (χ1n) is 16.6. The molecule has 0 atom stereocenters. The minimum atomic E-state index is -0.967. The number of hydrogen-bond acceptors (Lipinski definition) is 4. The van der Waals surface area contributed by atoms with Gasteiger partial charge in [0.25, 0.3) is 0 Å². The van der Waals surface area contributed by atoms with Gasteiger partial charge >= 0.3 is 11.9 Å². The minimum absolute atomic E-state index is 0.199. The molecule has 0 radical (unpaired) electrons. The lowest BCUT2D eigenvalue weighted by Gasteiger charge is -2.27. The number of rotatable bonds is 17. The number of aromatic carboxylic acids is 1. The predicted octanol–water partition coefficient (Wildman–Crippen LogP) is 11.0. The van der Waals surface area contributed by atoms with Crippen molar-refractivity contribution >= 4 is 11.9 Å². The number of carbonyl (C=O) groups is 2. The van der Waals surface area contributed by atoms with E-state index in [1.165, 1.54) is 83.5 Å². The van der Waals surface area contributed by atoms with Crippen LogP contribution in [0.15, 0.2) is 42.5 Å². The summed E-state index contributed by atoms with van der Waals surface area (Å²) in [5, 5.41) is 19.5. The third-order valence-corrected chi connectivity index (χ3v) is 7.71. The molecule has 242 valence electrons. The zero-order chi connectivity index (χ0) is 32.3. The lowest BCUT2D eigenvalue weighted by atomic mass is 9.78. The lowest BCUT2D eigenvalue weighted by molar-refractivity contribution is 0.0497. The summed E-state index contributed by atoms with van der Waals surface area (Å²) in [6.45, 7) is 14.6. The molecule has 0 heterocycles. The molecule has 0 spiro atoms. The number of aromatic hydroxyl groups is 1. The lowest BCUT2D eigenvalue weighted by Crippen LogP contribution is -2.18. The highest BCUT2D eigenvalue weighted by Gasteiger charge is 2.27. The van der Waals surface area contributed by atoms with Gasteiger partial charge in [-0.3, -0.25) is 0 Å². The number of phenols is 1. The van der Waals surface area contributed by atoms with Gasteiger partial charge in [0.1, 0.15) is 5.75 Å². The van der Waals surface area contributed by atoms with Crippen molar-refractivity contribution in [2.75, 3.05) is 6.61 Å². The fourth-order valence-electron chi connectivity index (χ4n) is 5.02. The van der Waals surface area contributed by atoms with Crippen molar-refractivity contribution < 1.29 is 24.5 Å². The largest absolute Gasteiger partial charge is 0.507 e. The van der Waals surface area contributed by atoms with Gasteiger partial charge in [0.15, 0.2) is 0 Å². The first-order chi connectivity index (χ1) is 20.3. The van der Waals surface area contributed by atoms with Gasteiger partial charge in [-0.05, 0) is 41.5 Å². The molecule has 0 saturated heterocycles. The molecular weight excluding hydrogens is 536 g/mol. The number of phenolic OH excluding ortho intramolecular Hbond substituents is 1. The zero-order valence-corrected chi connectivity index (χ0v) is 28.3. The summed E-state index contributed by atoms with van der Waals surface area (Å²) in [5.41, 5.74) is 1.63. The Morgan fingerprint density at radius 2 is 1.02 bits per heavy atom. The normalized spacial score (nSPS) is 11.5. The van der Waals surface area contributed by atoms with Crippen LogP contribution >= 0.6 is 0 Å². The molecule has 0 bridgehead atoms. The Balaban J connectivity index is 0.000000453. The van der Waals surface area contributed by atoms with Crippen LogP contribution in [0.2, 0.25) is 0 Å². The molecule has 43 heavy (non-hydrogen) atoms.